The van der Waals surface area contributed by atoms with E-state index >= 15 is 0 Å². The maximum Gasteiger partial charge on any atom is 0.308 e. The number of benzene rings is 3. The number of hydrogen-bond acceptors (Lipinski definition) is 5. The van der Waals surface area contributed by atoms with Gasteiger partial charge in [0.05, 0.1) is 11.9 Å². The Morgan fingerprint density at radius 2 is 1.32 bits per heavy atom. The monoisotopic (exact) mass is 451 g/mol. The van der Waals surface area contributed by atoms with Crippen LogP contribution < -0.4 is 14.2 Å². The highest BCUT2D eigenvalue weighted by Gasteiger charge is 2.05. The lowest BCUT2D eigenvalue weighted by Gasteiger charge is -2.12. The number of carbonyl (C=O) groups is 1. The summed E-state index contributed by atoms with van der Waals surface area (Å²) in [7, 11) is 0. The molecule has 3 aromatic carbocycles. The van der Waals surface area contributed by atoms with Crippen molar-refractivity contribution in [3.63, 3.8) is 0 Å². The standard InChI is InChI=1S/C29H25NO4/c1-22(31)34-27-15-14-26(30-19-27)13-12-25-16-28(32-20-23-8-4-2-5-9-23)18-29(17-25)33-21-24-10-6-3-7-11-24/h2-19H,20-21H2,1H3/b13-12+. The van der Waals surface area contributed by atoms with Crippen LogP contribution in [0, 0.1) is 0 Å². The quantitative estimate of drug-likeness (QED) is 0.278. The van der Waals surface area contributed by atoms with Gasteiger partial charge in [-0.1, -0.05) is 66.7 Å². The SMILES string of the molecule is CC(=O)Oc1ccc(/C=C/c2cc(OCc3ccccc3)cc(OCc3ccccc3)c2)nc1. The third kappa shape index (κ3) is 7.07. The molecule has 0 aliphatic rings. The first-order valence-electron chi connectivity index (χ1n) is 11.0. The van der Waals surface area contributed by atoms with Gasteiger partial charge in [-0.15, -0.1) is 0 Å². The minimum absolute atomic E-state index is 0.375. The molecule has 0 bridgehead atoms. The molecule has 34 heavy (non-hydrogen) atoms. The second-order valence-electron chi connectivity index (χ2n) is 7.63. The molecule has 0 saturated carbocycles. The van der Waals surface area contributed by atoms with Gasteiger partial charge < -0.3 is 14.2 Å². The van der Waals surface area contributed by atoms with Crippen molar-refractivity contribution in [2.75, 3.05) is 0 Å². The molecule has 0 N–H and O–H groups in total. The van der Waals surface area contributed by atoms with Crippen LogP contribution in [0.4, 0.5) is 0 Å². The molecule has 0 aliphatic carbocycles. The van der Waals surface area contributed by atoms with E-state index < -0.39 is 0 Å². The number of esters is 1. The van der Waals surface area contributed by atoms with Crippen LogP contribution in [0.15, 0.2) is 97.2 Å². The molecule has 5 heteroatoms. The highest BCUT2D eigenvalue weighted by Crippen LogP contribution is 2.26. The molecule has 1 heterocycles. The predicted molar refractivity (Wildman–Crippen MR) is 132 cm³/mol. The Labute approximate surface area is 199 Å². The van der Waals surface area contributed by atoms with Gasteiger partial charge in [-0.25, -0.2) is 0 Å². The molecular formula is C29H25NO4. The molecule has 4 rings (SSSR count). The van der Waals surface area contributed by atoms with Gasteiger partial charge >= 0.3 is 5.97 Å². The van der Waals surface area contributed by atoms with E-state index in [0.29, 0.717) is 30.5 Å². The zero-order valence-electron chi connectivity index (χ0n) is 18.9. The van der Waals surface area contributed by atoms with Gasteiger partial charge in [-0.05, 0) is 47.0 Å². The molecule has 0 saturated heterocycles. The third-order valence-corrected chi connectivity index (χ3v) is 4.87. The molecule has 0 aliphatic heterocycles. The van der Waals surface area contributed by atoms with Crippen molar-refractivity contribution < 1.29 is 19.0 Å². The molecule has 170 valence electrons. The molecule has 0 atom stereocenters. The minimum atomic E-state index is -0.375. The second kappa shape index (κ2) is 11.5. The largest absolute Gasteiger partial charge is 0.489 e. The zero-order valence-corrected chi connectivity index (χ0v) is 18.9. The number of nitrogens with zero attached hydrogens (tertiary/aromatic N) is 1. The van der Waals surface area contributed by atoms with Crippen LogP contribution in [-0.4, -0.2) is 11.0 Å². The Hall–Kier alpha value is -4.38. The third-order valence-electron chi connectivity index (χ3n) is 4.87. The Morgan fingerprint density at radius 3 is 1.82 bits per heavy atom. The van der Waals surface area contributed by atoms with Gasteiger partial charge in [0, 0.05) is 13.0 Å². The van der Waals surface area contributed by atoms with E-state index in [-0.39, 0.29) is 5.97 Å². The van der Waals surface area contributed by atoms with Crippen LogP contribution in [0.3, 0.4) is 0 Å². The average molecular weight is 452 g/mol. The number of carbonyl (C=O) groups excluding carboxylic acids is 1. The van der Waals surface area contributed by atoms with Gasteiger partial charge in [-0.2, -0.15) is 0 Å². The highest BCUT2D eigenvalue weighted by molar-refractivity contribution is 5.71. The van der Waals surface area contributed by atoms with E-state index in [1.54, 1.807) is 12.1 Å². The summed E-state index contributed by atoms with van der Waals surface area (Å²) < 4.78 is 17.1. The molecule has 0 amide bonds. The fourth-order valence-corrected chi connectivity index (χ4v) is 3.24. The van der Waals surface area contributed by atoms with E-state index in [0.717, 1.165) is 22.4 Å². The molecule has 0 spiro atoms. The second-order valence-corrected chi connectivity index (χ2v) is 7.63. The number of aromatic nitrogens is 1. The Bertz CT molecular complexity index is 1170. The molecule has 0 unspecified atom stereocenters. The summed E-state index contributed by atoms with van der Waals surface area (Å²) >= 11 is 0. The van der Waals surface area contributed by atoms with Crippen molar-refractivity contribution in [2.45, 2.75) is 20.1 Å². The molecule has 0 fully saturated rings. The van der Waals surface area contributed by atoms with Crippen molar-refractivity contribution in [2.24, 2.45) is 0 Å². The fraction of sp³-hybridized carbons (Fsp3) is 0.103. The van der Waals surface area contributed by atoms with E-state index in [9.17, 15) is 4.79 Å². The van der Waals surface area contributed by atoms with Crippen molar-refractivity contribution in [1.82, 2.24) is 4.98 Å². The lowest BCUT2D eigenvalue weighted by atomic mass is 10.1. The number of hydrogen-bond donors (Lipinski definition) is 0. The molecule has 0 radical (unpaired) electrons. The summed E-state index contributed by atoms with van der Waals surface area (Å²) in [5.41, 5.74) is 3.83. The van der Waals surface area contributed by atoms with E-state index in [1.807, 2.05) is 91.0 Å². The molecule has 1 aromatic heterocycles. The van der Waals surface area contributed by atoms with Crippen LogP contribution in [0.25, 0.3) is 12.2 Å². The number of ether oxygens (including phenoxy) is 3. The van der Waals surface area contributed by atoms with Gasteiger partial charge in [-0.3, -0.25) is 9.78 Å². The maximum atomic E-state index is 11.1. The lowest BCUT2D eigenvalue weighted by Crippen LogP contribution is -2.01. The summed E-state index contributed by atoms with van der Waals surface area (Å²) in [5.74, 6) is 1.47. The smallest absolute Gasteiger partial charge is 0.308 e. The molecule has 4 aromatic rings. The summed E-state index contributed by atoms with van der Waals surface area (Å²) in [5, 5.41) is 0. The van der Waals surface area contributed by atoms with Crippen molar-refractivity contribution >= 4 is 18.1 Å². The lowest BCUT2D eigenvalue weighted by molar-refractivity contribution is -0.131. The Kier molecular flexibility index (Phi) is 7.70. The van der Waals surface area contributed by atoms with E-state index in [4.69, 9.17) is 14.2 Å². The van der Waals surface area contributed by atoms with Crippen LogP contribution in [0.2, 0.25) is 0 Å². The predicted octanol–water partition coefficient (Wildman–Crippen LogP) is 6.34. The summed E-state index contributed by atoms with van der Waals surface area (Å²) in [6.45, 7) is 2.29. The zero-order chi connectivity index (χ0) is 23.6. The van der Waals surface area contributed by atoms with Crippen LogP contribution in [-0.2, 0) is 18.0 Å². The number of rotatable bonds is 9. The summed E-state index contributed by atoms with van der Waals surface area (Å²) in [4.78, 5) is 15.4. The first-order chi connectivity index (χ1) is 16.6. The van der Waals surface area contributed by atoms with Crippen LogP contribution >= 0.6 is 0 Å². The van der Waals surface area contributed by atoms with E-state index in [2.05, 4.69) is 4.98 Å². The first-order valence-corrected chi connectivity index (χ1v) is 11.0. The normalized spacial score (nSPS) is 10.7. The topological polar surface area (TPSA) is 57.7 Å². The molecule has 5 nitrogen and oxygen atoms in total. The van der Waals surface area contributed by atoms with Crippen LogP contribution in [0.1, 0.15) is 29.3 Å². The fourth-order valence-electron chi connectivity index (χ4n) is 3.24. The Balaban J connectivity index is 1.51. The maximum absolute atomic E-state index is 11.1. The summed E-state index contributed by atoms with van der Waals surface area (Å²) in [6, 6.07) is 29.4. The Morgan fingerprint density at radius 1 is 0.735 bits per heavy atom. The van der Waals surface area contributed by atoms with Gasteiger partial charge in [0.1, 0.15) is 30.5 Å². The van der Waals surface area contributed by atoms with Crippen molar-refractivity contribution in [1.29, 1.82) is 0 Å². The van der Waals surface area contributed by atoms with Crippen molar-refractivity contribution in [3.05, 3.63) is 120 Å². The van der Waals surface area contributed by atoms with Gasteiger partial charge in [0.15, 0.2) is 0 Å². The van der Waals surface area contributed by atoms with E-state index in [1.165, 1.54) is 13.1 Å². The number of pyridine rings is 1. The highest BCUT2D eigenvalue weighted by atomic mass is 16.5. The molecular weight excluding hydrogens is 426 g/mol. The van der Waals surface area contributed by atoms with Crippen LogP contribution in [0.5, 0.6) is 17.2 Å². The minimum Gasteiger partial charge on any atom is -0.489 e. The average Bonchev–Trinajstić information content (AvgIpc) is 2.87. The summed E-state index contributed by atoms with van der Waals surface area (Å²) in [6.07, 6.45) is 5.35. The van der Waals surface area contributed by atoms with Gasteiger partial charge in [0.25, 0.3) is 0 Å². The van der Waals surface area contributed by atoms with Crippen molar-refractivity contribution in [3.8, 4) is 17.2 Å². The van der Waals surface area contributed by atoms with Gasteiger partial charge in [0.2, 0.25) is 0 Å². The first kappa shape index (κ1) is 22.8.